The van der Waals surface area contributed by atoms with Gasteiger partial charge in [-0.15, -0.1) is 11.3 Å². The number of aromatic nitrogens is 1. The van der Waals surface area contributed by atoms with Crippen LogP contribution < -0.4 is 14.2 Å². The van der Waals surface area contributed by atoms with Gasteiger partial charge >= 0.3 is 0 Å². The highest BCUT2D eigenvalue weighted by Crippen LogP contribution is 2.48. The van der Waals surface area contributed by atoms with Crippen molar-refractivity contribution in [2.75, 3.05) is 33.9 Å². The predicted molar refractivity (Wildman–Crippen MR) is 126 cm³/mol. The lowest BCUT2D eigenvalue weighted by atomic mass is 9.92. The van der Waals surface area contributed by atoms with Crippen molar-refractivity contribution >= 4 is 21.4 Å². The lowest BCUT2D eigenvalue weighted by Gasteiger charge is -2.35. The minimum absolute atomic E-state index is 0.280. The highest BCUT2D eigenvalue weighted by molar-refractivity contribution is 7.91. The fourth-order valence-electron chi connectivity index (χ4n) is 4.99. The largest absolute Gasteiger partial charge is 0.493 e. The number of rotatable bonds is 9. The highest BCUT2D eigenvalue weighted by Gasteiger charge is 2.36. The van der Waals surface area contributed by atoms with E-state index in [-0.39, 0.29) is 4.21 Å². The van der Waals surface area contributed by atoms with E-state index >= 15 is 0 Å². The van der Waals surface area contributed by atoms with Gasteiger partial charge in [-0.1, -0.05) is 5.16 Å². The Kier molecular flexibility index (Phi) is 6.17. The molecule has 0 saturated carbocycles. The van der Waals surface area contributed by atoms with Crippen LogP contribution in [-0.2, 0) is 22.9 Å². The SMILES string of the molecule is COc1cc2c3c(c1OC)CCC3N(CCCNS(=O)(=O)c1ccc(-c3ccno3)s1)CC2. The van der Waals surface area contributed by atoms with Gasteiger partial charge in [-0.2, -0.15) is 0 Å². The van der Waals surface area contributed by atoms with E-state index in [1.54, 1.807) is 38.6 Å². The summed E-state index contributed by atoms with van der Waals surface area (Å²) in [6, 6.07) is 7.55. The maximum Gasteiger partial charge on any atom is 0.250 e. The molecule has 0 saturated heterocycles. The van der Waals surface area contributed by atoms with Crippen molar-refractivity contribution in [1.29, 1.82) is 0 Å². The molecule has 1 unspecified atom stereocenters. The number of methoxy groups -OCH3 is 2. The fraction of sp³-hybridized carbons (Fsp3) is 0.435. The zero-order valence-corrected chi connectivity index (χ0v) is 20.3. The van der Waals surface area contributed by atoms with Crippen LogP contribution in [0.2, 0.25) is 0 Å². The molecule has 176 valence electrons. The normalized spacial score (nSPS) is 17.8. The molecule has 0 fully saturated rings. The summed E-state index contributed by atoms with van der Waals surface area (Å²) >= 11 is 1.18. The molecule has 1 atom stereocenters. The topological polar surface area (TPSA) is 93.9 Å². The number of hydrogen-bond donors (Lipinski definition) is 1. The first-order chi connectivity index (χ1) is 16.0. The molecule has 8 nitrogen and oxygen atoms in total. The first-order valence-electron chi connectivity index (χ1n) is 11.0. The number of sulfonamides is 1. The van der Waals surface area contributed by atoms with Gasteiger partial charge in [-0.3, -0.25) is 4.90 Å². The van der Waals surface area contributed by atoms with Gasteiger partial charge in [0, 0.05) is 37.3 Å². The Labute approximate surface area is 197 Å². The number of hydrogen-bond acceptors (Lipinski definition) is 8. The minimum Gasteiger partial charge on any atom is -0.493 e. The van der Waals surface area contributed by atoms with E-state index in [0.29, 0.717) is 18.3 Å². The summed E-state index contributed by atoms with van der Waals surface area (Å²) in [5.74, 6) is 2.24. The molecule has 0 amide bonds. The van der Waals surface area contributed by atoms with Crippen molar-refractivity contribution < 1.29 is 22.4 Å². The maximum absolute atomic E-state index is 12.7. The highest BCUT2D eigenvalue weighted by atomic mass is 32.2. The molecular formula is C23H27N3O5S2. The Balaban J connectivity index is 1.20. The first-order valence-corrected chi connectivity index (χ1v) is 13.3. The van der Waals surface area contributed by atoms with E-state index in [0.717, 1.165) is 55.1 Å². The van der Waals surface area contributed by atoms with Gasteiger partial charge in [0.1, 0.15) is 4.21 Å². The molecule has 1 N–H and O–H groups in total. The van der Waals surface area contributed by atoms with Crippen molar-refractivity contribution in [2.24, 2.45) is 0 Å². The molecular weight excluding hydrogens is 462 g/mol. The van der Waals surface area contributed by atoms with E-state index in [1.165, 1.54) is 28.0 Å². The minimum atomic E-state index is -3.55. The number of nitrogens with zero attached hydrogens (tertiary/aromatic N) is 2. The van der Waals surface area contributed by atoms with Crippen molar-refractivity contribution in [1.82, 2.24) is 14.8 Å². The van der Waals surface area contributed by atoms with Crippen LogP contribution in [0.4, 0.5) is 0 Å². The van der Waals surface area contributed by atoms with Gasteiger partial charge in [0.25, 0.3) is 0 Å². The average molecular weight is 490 g/mol. The van der Waals surface area contributed by atoms with Crippen LogP contribution in [0.1, 0.15) is 35.6 Å². The lowest BCUT2D eigenvalue weighted by molar-refractivity contribution is 0.184. The third kappa shape index (κ3) is 4.16. The second-order valence-electron chi connectivity index (χ2n) is 8.25. The zero-order chi connectivity index (χ0) is 23.0. The Morgan fingerprint density at radius 1 is 1.24 bits per heavy atom. The molecule has 0 radical (unpaired) electrons. The molecule has 0 spiro atoms. The smallest absolute Gasteiger partial charge is 0.250 e. The van der Waals surface area contributed by atoms with Gasteiger partial charge in [0.15, 0.2) is 17.3 Å². The summed E-state index contributed by atoms with van der Waals surface area (Å²) in [5.41, 5.74) is 4.00. The first kappa shape index (κ1) is 22.4. The second-order valence-corrected chi connectivity index (χ2v) is 11.3. The second kappa shape index (κ2) is 9.09. The molecule has 1 aliphatic heterocycles. The summed E-state index contributed by atoms with van der Waals surface area (Å²) in [4.78, 5) is 3.22. The molecule has 1 aliphatic carbocycles. The maximum atomic E-state index is 12.7. The van der Waals surface area contributed by atoms with Crippen LogP contribution >= 0.6 is 11.3 Å². The standard InChI is InChI=1S/C23H27N3O5S2/c1-29-19-14-15-9-13-26(17-5-4-16(22(15)17)23(19)30-2)12-3-10-25-33(27,28)21-7-6-20(32-21)18-8-11-24-31-18/h6-8,11,14,17,25H,3-5,9-10,12-13H2,1-2H3. The molecule has 2 aliphatic rings. The van der Waals surface area contributed by atoms with Crippen LogP contribution in [-0.4, -0.2) is 52.3 Å². The van der Waals surface area contributed by atoms with Crippen molar-refractivity contribution in [2.45, 2.75) is 35.9 Å². The molecule has 33 heavy (non-hydrogen) atoms. The molecule has 0 bridgehead atoms. The number of nitrogens with one attached hydrogen (secondary N) is 1. The molecule has 1 aromatic carbocycles. The van der Waals surface area contributed by atoms with Crippen LogP contribution in [0.5, 0.6) is 11.5 Å². The number of benzene rings is 1. The molecule has 3 heterocycles. The van der Waals surface area contributed by atoms with Gasteiger partial charge in [0.2, 0.25) is 10.0 Å². The predicted octanol–water partition coefficient (Wildman–Crippen LogP) is 3.63. The summed E-state index contributed by atoms with van der Waals surface area (Å²) in [6.07, 6.45) is 5.28. The Morgan fingerprint density at radius 3 is 2.88 bits per heavy atom. The Hall–Kier alpha value is -2.40. The van der Waals surface area contributed by atoms with E-state index in [1.807, 2.05) is 0 Å². The van der Waals surface area contributed by atoms with Gasteiger partial charge in [-0.25, -0.2) is 13.1 Å². The fourth-order valence-corrected chi connectivity index (χ4v) is 7.37. The molecule has 10 heteroatoms. The van der Waals surface area contributed by atoms with E-state index in [4.69, 9.17) is 14.0 Å². The average Bonchev–Trinajstić information content (AvgIpc) is 3.58. The summed E-state index contributed by atoms with van der Waals surface area (Å²) in [6.45, 7) is 2.20. The van der Waals surface area contributed by atoms with Crippen molar-refractivity contribution in [3.05, 3.63) is 47.2 Å². The van der Waals surface area contributed by atoms with Gasteiger partial charge in [0.05, 0.1) is 25.3 Å². The summed E-state index contributed by atoms with van der Waals surface area (Å²) in [5, 5.41) is 3.67. The van der Waals surface area contributed by atoms with E-state index < -0.39 is 10.0 Å². The Morgan fingerprint density at radius 2 is 2.12 bits per heavy atom. The monoisotopic (exact) mass is 489 g/mol. The lowest BCUT2D eigenvalue weighted by Crippen LogP contribution is -2.36. The number of ether oxygens (including phenoxy) is 2. The van der Waals surface area contributed by atoms with Crippen molar-refractivity contribution in [3.63, 3.8) is 0 Å². The van der Waals surface area contributed by atoms with Crippen molar-refractivity contribution in [3.8, 4) is 22.1 Å². The third-order valence-electron chi connectivity index (χ3n) is 6.45. The van der Waals surface area contributed by atoms with Gasteiger partial charge < -0.3 is 14.0 Å². The Bertz CT molecular complexity index is 1240. The molecule has 5 rings (SSSR count). The summed E-state index contributed by atoms with van der Waals surface area (Å²) < 4.78 is 44.8. The summed E-state index contributed by atoms with van der Waals surface area (Å²) in [7, 11) is -0.168. The zero-order valence-electron chi connectivity index (χ0n) is 18.7. The van der Waals surface area contributed by atoms with E-state index in [2.05, 4.69) is 20.8 Å². The van der Waals surface area contributed by atoms with Crippen LogP contribution in [0, 0.1) is 0 Å². The number of thiophene rings is 1. The third-order valence-corrected chi connectivity index (χ3v) is 9.50. The quantitative estimate of drug-likeness (QED) is 0.459. The van der Waals surface area contributed by atoms with Crippen LogP contribution in [0.15, 0.2) is 39.2 Å². The molecule has 2 aromatic heterocycles. The van der Waals surface area contributed by atoms with Crippen LogP contribution in [0.25, 0.3) is 10.6 Å². The molecule has 3 aromatic rings. The van der Waals surface area contributed by atoms with Crippen LogP contribution in [0.3, 0.4) is 0 Å². The van der Waals surface area contributed by atoms with E-state index in [9.17, 15) is 8.42 Å². The van der Waals surface area contributed by atoms with Gasteiger partial charge in [-0.05, 0) is 55.0 Å².